The quantitative estimate of drug-likeness (QED) is 0.833. The van der Waals surface area contributed by atoms with Crippen LogP contribution in [0.2, 0.25) is 0 Å². The molecule has 5 heteroatoms. The second-order valence-corrected chi connectivity index (χ2v) is 5.00. The Morgan fingerprint density at radius 3 is 2.68 bits per heavy atom. The van der Waals surface area contributed by atoms with Gasteiger partial charge in [0.05, 0.1) is 13.7 Å². The highest BCUT2D eigenvalue weighted by atomic mass is 19.3. The summed E-state index contributed by atoms with van der Waals surface area (Å²) < 4.78 is 31.1. The molecule has 2 rings (SSSR count). The summed E-state index contributed by atoms with van der Waals surface area (Å²) in [4.78, 5) is 0. The molecule has 0 unspecified atom stereocenters. The van der Waals surface area contributed by atoms with E-state index >= 15 is 0 Å². The van der Waals surface area contributed by atoms with Crippen LogP contribution in [0.25, 0.3) is 0 Å². The Kier molecular flexibility index (Phi) is 4.37. The van der Waals surface area contributed by atoms with Gasteiger partial charge < -0.3 is 15.2 Å². The standard InChI is InChI=1S/C14H19F2NO2/c1-19-13-5-3-2-4-12(13)10-6-11(7-10)17-8-14(15,16)9-18/h2-5,10-11,17-18H,6-9H2,1H3. The van der Waals surface area contributed by atoms with Crippen molar-refractivity contribution in [1.82, 2.24) is 5.32 Å². The van der Waals surface area contributed by atoms with Crippen LogP contribution in [0.1, 0.15) is 24.3 Å². The van der Waals surface area contributed by atoms with E-state index in [-0.39, 0.29) is 6.04 Å². The zero-order valence-corrected chi connectivity index (χ0v) is 10.9. The molecule has 3 nitrogen and oxygen atoms in total. The molecule has 1 aromatic carbocycles. The van der Waals surface area contributed by atoms with E-state index in [1.807, 2.05) is 24.3 Å². The normalized spacial score (nSPS) is 22.9. The maximum Gasteiger partial charge on any atom is 0.282 e. The van der Waals surface area contributed by atoms with Gasteiger partial charge >= 0.3 is 0 Å². The zero-order valence-electron chi connectivity index (χ0n) is 10.9. The third kappa shape index (κ3) is 3.42. The van der Waals surface area contributed by atoms with E-state index < -0.39 is 19.1 Å². The second-order valence-electron chi connectivity index (χ2n) is 5.00. The number of hydrogen-bond donors (Lipinski definition) is 2. The summed E-state index contributed by atoms with van der Waals surface area (Å²) in [5, 5.41) is 11.3. The molecule has 0 saturated heterocycles. The largest absolute Gasteiger partial charge is 0.496 e. The van der Waals surface area contributed by atoms with E-state index in [4.69, 9.17) is 9.84 Å². The number of aliphatic hydroxyl groups excluding tert-OH is 1. The molecule has 1 aliphatic carbocycles. The minimum absolute atomic E-state index is 0.0901. The van der Waals surface area contributed by atoms with Crippen molar-refractivity contribution in [3.63, 3.8) is 0 Å². The Morgan fingerprint density at radius 2 is 2.05 bits per heavy atom. The lowest BCUT2D eigenvalue weighted by Crippen LogP contribution is -2.46. The van der Waals surface area contributed by atoms with E-state index in [0.29, 0.717) is 5.92 Å². The second kappa shape index (κ2) is 5.84. The summed E-state index contributed by atoms with van der Waals surface area (Å²) in [6.45, 7) is -1.57. The smallest absolute Gasteiger partial charge is 0.282 e. The van der Waals surface area contributed by atoms with Crippen molar-refractivity contribution in [3.05, 3.63) is 29.8 Å². The van der Waals surface area contributed by atoms with Crippen LogP contribution in [0.5, 0.6) is 5.75 Å². The van der Waals surface area contributed by atoms with Crippen molar-refractivity contribution in [2.24, 2.45) is 0 Å². The molecule has 106 valence electrons. The fourth-order valence-corrected chi connectivity index (χ4v) is 2.39. The van der Waals surface area contributed by atoms with Gasteiger partial charge in [-0.25, -0.2) is 8.78 Å². The average molecular weight is 271 g/mol. The fourth-order valence-electron chi connectivity index (χ4n) is 2.39. The molecule has 19 heavy (non-hydrogen) atoms. The van der Waals surface area contributed by atoms with Crippen LogP contribution in [0.15, 0.2) is 24.3 Å². The highest BCUT2D eigenvalue weighted by Gasteiger charge is 2.35. The molecule has 0 radical (unpaired) electrons. The topological polar surface area (TPSA) is 41.5 Å². The van der Waals surface area contributed by atoms with Crippen molar-refractivity contribution in [3.8, 4) is 5.75 Å². The number of para-hydroxylation sites is 1. The Balaban J connectivity index is 1.83. The van der Waals surface area contributed by atoms with Crippen molar-refractivity contribution in [1.29, 1.82) is 0 Å². The third-order valence-corrected chi connectivity index (χ3v) is 3.60. The Hall–Kier alpha value is -1.20. The van der Waals surface area contributed by atoms with Gasteiger partial charge in [-0.3, -0.25) is 0 Å². The van der Waals surface area contributed by atoms with E-state index in [2.05, 4.69) is 5.32 Å². The van der Waals surface area contributed by atoms with Gasteiger partial charge in [0.2, 0.25) is 0 Å². The Morgan fingerprint density at radius 1 is 1.37 bits per heavy atom. The van der Waals surface area contributed by atoms with E-state index in [9.17, 15) is 8.78 Å². The number of methoxy groups -OCH3 is 1. The molecule has 0 amide bonds. The average Bonchev–Trinajstić information content (AvgIpc) is 2.37. The first-order chi connectivity index (χ1) is 9.05. The van der Waals surface area contributed by atoms with Crippen LogP contribution in [0, 0.1) is 0 Å². The van der Waals surface area contributed by atoms with Gasteiger partial charge in [-0.1, -0.05) is 18.2 Å². The highest BCUT2D eigenvalue weighted by Crippen LogP contribution is 2.41. The van der Waals surface area contributed by atoms with Crippen molar-refractivity contribution < 1.29 is 18.6 Å². The molecule has 0 atom stereocenters. The monoisotopic (exact) mass is 271 g/mol. The molecule has 1 fully saturated rings. The summed E-state index contributed by atoms with van der Waals surface area (Å²) in [7, 11) is 1.63. The van der Waals surface area contributed by atoms with Gasteiger partial charge in [-0.05, 0) is 30.4 Å². The van der Waals surface area contributed by atoms with Gasteiger partial charge in [0.15, 0.2) is 0 Å². The summed E-state index contributed by atoms with van der Waals surface area (Å²) in [6, 6.07) is 7.89. The first-order valence-corrected chi connectivity index (χ1v) is 6.40. The van der Waals surface area contributed by atoms with Gasteiger partial charge in [-0.15, -0.1) is 0 Å². The van der Waals surface area contributed by atoms with Crippen LogP contribution in [-0.4, -0.2) is 37.3 Å². The number of benzene rings is 1. The van der Waals surface area contributed by atoms with E-state index in [1.54, 1.807) is 7.11 Å². The van der Waals surface area contributed by atoms with Crippen LogP contribution >= 0.6 is 0 Å². The molecule has 2 N–H and O–H groups in total. The first-order valence-electron chi connectivity index (χ1n) is 6.40. The molecule has 0 spiro atoms. The lowest BCUT2D eigenvalue weighted by atomic mass is 9.75. The number of hydrogen-bond acceptors (Lipinski definition) is 3. The van der Waals surface area contributed by atoms with Gasteiger partial charge in [0, 0.05) is 6.04 Å². The maximum atomic E-state index is 12.9. The lowest BCUT2D eigenvalue weighted by Gasteiger charge is -2.37. The fraction of sp³-hybridized carbons (Fsp3) is 0.571. The summed E-state index contributed by atoms with van der Waals surface area (Å²) in [5.41, 5.74) is 1.14. The first kappa shape index (κ1) is 14.2. The van der Waals surface area contributed by atoms with Crippen molar-refractivity contribution >= 4 is 0 Å². The molecular weight excluding hydrogens is 252 g/mol. The van der Waals surface area contributed by atoms with Crippen LogP contribution in [0.3, 0.4) is 0 Å². The van der Waals surface area contributed by atoms with E-state index in [0.717, 1.165) is 24.2 Å². The minimum Gasteiger partial charge on any atom is -0.496 e. The molecule has 1 aromatic rings. The number of ether oxygens (including phenoxy) is 1. The number of alkyl halides is 2. The molecule has 0 bridgehead atoms. The van der Waals surface area contributed by atoms with Crippen LogP contribution in [0.4, 0.5) is 8.78 Å². The molecule has 1 aliphatic rings. The summed E-state index contributed by atoms with van der Waals surface area (Å²) in [6.07, 6.45) is 1.64. The summed E-state index contributed by atoms with van der Waals surface area (Å²) >= 11 is 0. The minimum atomic E-state index is -3.03. The number of aliphatic hydroxyl groups is 1. The van der Waals surface area contributed by atoms with Gasteiger partial charge in [-0.2, -0.15) is 0 Å². The van der Waals surface area contributed by atoms with Crippen molar-refractivity contribution in [2.75, 3.05) is 20.3 Å². The van der Waals surface area contributed by atoms with E-state index in [1.165, 1.54) is 0 Å². The number of halogens is 2. The SMILES string of the molecule is COc1ccccc1C1CC(NCC(F)(F)CO)C1. The third-order valence-electron chi connectivity index (χ3n) is 3.60. The highest BCUT2D eigenvalue weighted by molar-refractivity contribution is 5.37. The summed E-state index contributed by atoms with van der Waals surface area (Å²) in [5.74, 6) is -1.82. The van der Waals surface area contributed by atoms with Gasteiger partial charge in [0.25, 0.3) is 5.92 Å². The predicted octanol–water partition coefficient (Wildman–Crippen LogP) is 2.16. The molecule has 0 aliphatic heterocycles. The molecule has 0 heterocycles. The van der Waals surface area contributed by atoms with Crippen LogP contribution in [-0.2, 0) is 0 Å². The van der Waals surface area contributed by atoms with Crippen LogP contribution < -0.4 is 10.1 Å². The Bertz CT molecular complexity index is 420. The van der Waals surface area contributed by atoms with Crippen molar-refractivity contribution in [2.45, 2.75) is 30.7 Å². The molecule has 0 aromatic heterocycles. The lowest BCUT2D eigenvalue weighted by molar-refractivity contribution is -0.0512. The maximum absolute atomic E-state index is 12.9. The van der Waals surface area contributed by atoms with Gasteiger partial charge in [0.1, 0.15) is 12.4 Å². The predicted molar refractivity (Wildman–Crippen MR) is 68.8 cm³/mol. The number of nitrogens with one attached hydrogen (secondary N) is 1. The molecular formula is C14H19F2NO2. The number of rotatable bonds is 6. The zero-order chi connectivity index (χ0) is 13.9. The molecule has 1 saturated carbocycles. The Labute approximate surface area is 111 Å².